The number of rotatable bonds is 10. The lowest BCUT2D eigenvalue weighted by molar-refractivity contribution is 0.506. The second-order valence-corrected chi connectivity index (χ2v) is 12.1. The van der Waals surface area contributed by atoms with E-state index in [-0.39, 0.29) is 10.8 Å². The SMILES string of the molecule is CCC(C)(C)c1ccc(N(c2ccc(N(c3ccc(C(C)(C)CC)cc3)c3ccccn3)cc2)c2ccccn2)cc1. The van der Waals surface area contributed by atoms with Crippen molar-refractivity contribution in [2.24, 2.45) is 0 Å². The Hall–Kier alpha value is -4.44. The highest BCUT2D eigenvalue weighted by Gasteiger charge is 2.21. The fourth-order valence-corrected chi connectivity index (χ4v) is 5.08. The number of hydrogen-bond donors (Lipinski definition) is 0. The van der Waals surface area contributed by atoms with Gasteiger partial charge in [0.25, 0.3) is 0 Å². The molecule has 0 aliphatic rings. The lowest BCUT2D eigenvalue weighted by Crippen LogP contribution is -2.17. The van der Waals surface area contributed by atoms with E-state index in [1.165, 1.54) is 11.1 Å². The molecule has 0 amide bonds. The Morgan fingerprint density at radius 1 is 0.452 bits per heavy atom. The van der Waals surface area contributed by atoms with Gasteiger partial charge in [-0.05, 0) is 108 Å². The molecule has 42 heavy (non-hydrogen) atoms. The topological polar surface area (TPSA) is 32.3 Å². The highest BCUT2D eigenvalue weighted by atomic mass is 15.2. The maximum Gasteiger partial charge on any atom is 0.137 e. The molecule has 2 aromatic heterocycles. The molecular weight excluding hydrogens is 512 g/mol. The average Bonchev–Trinajstić information content (AvgIpc) is 3.04. The summed E-state index contributed by atoms with van der Waals surface area (Å²) in [5, 5.41) is 0. The maximum absolute atomic E-state index is 4.71. The monoisotopic (exact) mass is 554 g/mol. The van der Waals surface area contributed by atoms with Crippen molar-refractivity contribution in [2.45, 2.75) is 65.2 Å². The highest BCUT2D eigenvalue weighted by Crippen LogP contribution is 2.39. The number of pyridine rings is 2. The lowest BCUT2D eigenvalue weighted by atomic mass is 9.82. The standard InChI is InChI=1S/C38H42N4/c1-7-37(3,4)29-15-19-31(20-16-29)41(35-13-9-11-27-39-35)33-23-25-34(26-24-33)42(36-14-10-12-28-40-36)32-21-17-30(18-22-32)38(5,6)8-2/h9-28H,7-8H2,1-6H3. The van der Waals surface area contributed by atoms with E-state index >= 15 is 0 Å². The van der Waals surface area contributed by atoms with Crippen LogP contribution in [0.5, 0.6) is 0 Å². The van der Waals surface area contributed by atoms with Crippen molar-refractivity contribution < 1.29 is 0 Å². The van der Waals surface area contributed by atoms with E-state index < -0.39 is 0 Å². The quantitative estimate of drug-likeness (QED) is 0.172. The first-order valence-corrected chi connectivity index (χ1v) is 15.0. The van der Waals surface area contributed by atoms with Gasteiger partial charge in [0.1, 0.15) is 11.6 Å². The minimum Gasteiger partial charge on any atom is -0.295 e. The zero-order valence-corrected chi connectivity index (χ0v) is 25.8. The summed E-state index contributed by atoms with van der Waals surface area (Å²) < 4.78 is 0. The summed E-state index contributed by atoms with van der Waals surface area (Å²) in [5.41, 5.74) is 7.18. The van der Waals surface area contributed by atoms with Gasteiger partial charge in [0.2, 0.25) is 0 Å². The summed E-state index contributed by atoms with van der Waals surface area (Å²) >= 11 is 0. The summed E-state index contributed by atoms with van der Waals surface area (Å²) in [5.74, 6) is 1.76. The third-order valence-corrected chi connectivity index (χ3v) is 8.70. The molecule has 0 unspecified atom stereocenters. The molecule has 4 heteroatoms. The first kappa shape index (κ1) is 29.1. The summed E-state index contributed by atoms with van der Waals surface area (Å²) in [4.78, 5) is 13.8. The second-order valence-electron chi connectivity index (χ2n) is 12.1. The Morgan fingerprint density at radius 3 is 1.02 bits per heavy atom. The van der Waals surface area contributed by atoms with Crippen LogP contribution < -0.4 is 9.80 Å². The zero-order chi connectivity index (χ0) is 29.7. The van der Waals surface area contributed by atoms with Crippen LogP contribution in [0.4, 0.5) is 34.4 Å². The minimum absolute atomic E-state index is 0.134. The predicted molar refractivity (Wildman–Crippen MR) is 178 cm³/mol. The Balaban J connectivity index is 1.54. The Morgan fingerprint density at radius 2 is 0.762 bits per heavy atom. The van der Waals surface area contributed by atoms with Crippen LogP contribution in [-0.2, 0) is 10.8 Å². The molecule has 0 radical (unpaired) electrons. The van der Waals surface area contributed by atoms with Crippen molar-refractivity contribution in [3.05, 3.63) is 133 Å². The highest BCUT2D eigenvalue weighted by molar-refractivity contribution is 5.79. The lowest BCUT2D eigenvalue weighted by Gasteiger charge is -2.29. The summed E-state index contributed by atoms with van der Waals surface area (Å²) in [6.07, 6.45) is 5.86. The van der Waals surface area contributed by atoms with Crippen molar-refractivity contribution in [3.8, 4) is 0 Å². The van der Waals surface area contributed by atoms with E-state index in [9.17, 15) is 0 Å². The Kier molecular flexibility index (Phi) is 8.44. The van der Waals surface area contributed by atoms with Crippen LogP contribution in [0.3, 0.4) is 0 Å². The first-order valence-electron chi connectivity index (χ1n) is 15.0. The molecule has 0 saturated heterocycles. The van der Waals surface area contributed by atoms with Gasteiger partial charge in [0, 0.05) is 35.1 Å². The van der Waals surface area contributed by atoms with Crippen LogP contribution >= 0.6 is 0 Å². The van der Waals surface area contributed by atoms with Gasteiger partial charge in [0.05, 0.1) is 0 Å². The van der Waals surface area contributed by atoms with E-state index in [4.69, 9.17) is 9.97 Å². The molecule has 0 aliphatic heterocycles. The number of anilines is 6. The van der Waals surface area contributed by atoms with Crippen molar-refractivity contribution in [1.82, 2.24) is 9.97 Å². The number of hydrogen-bond acceptors (Lipinski definition) is 4. The van der Waals surface area contributed by atoms with Gasteiger partial charge in [-0.25, -0.2) is 9.97 Å². The van der Waals surface area contributed by atoms with Crippen molar-refractivity contribution in [1.29, 1.82) is 0 Å². The zero-order valence-electron chi connectivity index (χ0n) is 25.8. The molecule has 0 spiro atoms. The van der Waals surface area contributed by atoms with Crippen LogP contribution in [0.25, 0.3) is 0 Å². The van der Waals surface area contributed by atoms with E-state index in [0.29, 0.717) is 0 Å². The molecule has 5 rings (SSSR count). The second kappa shape index (κ2) is 12.2. The maximum atomic E-state index is 4.71. The van der Waals surface area contributed by atoms with Gasteiger partial charge >= 0.3 is 0 Å². The van der Waals surface area contributed by atoms with E-state index in [2.05, 4.69) is 136 Å². The third-order valence-electron chi connectivity index (χ3n) is 8.70. The summed E-state index contributed by atoms with van der Waals surface area (Å²) in [6.45, 7) is 13.7. The first-order chi connectivity index (χ1) is 20.2. The molecule has 0 aliphatic carbocycles. The van der Waals surface area contributed by atoms with Gasteiger partial charge in [-0.15, -0.1) is 0 Å². The van der Waals surface area contributed by atoms with Gasteiger partial charge in [-0.2, -0.15) is 0 Å². The van der Waals surface area contributed by atoms with Gasteiger partial charge in [-0.1, -0.05) is 77.9 Å². The third kappa shape index (κ3) is 6.08. The molecule has 0 saturated carbocycles. The van der Waals surface area contributed by atoms with Crippen molar-refractivity contribution in [3.63, 3.8) is 0 Å². The Labute approximate surface area is 251 Å². The van der Waals surface area contributed by atoms with E-state index in [1.54, 1.807) is 0 Å². The molecule has 4 nitrogen and oxygen atoms in total. The molecule has 0 N–H and O–H groups in total. The summed E-state index contributed by atoms with van der Waals surface area (Å²) in [6, 6.07) is 38.5. The fourth-order valence-electron chi connectivity index (χ4n) is 5.08. The van der Waals surface area contributed by atoms with Crippen LogP contribution in [-0.4, -0.2) is 9.97 Å². The molecule has 0 fully saturated rings. The van der Waals surface area contributed by atoms with Gasteiger partial charge in [-0.3, -0.25) is 9.80 Å². The smallest absolute Gasteiger partial charge is 0.137 e. The van der Waals surface area contributed by atoms with Gasteiger partial charge < -0.3 is 0 Å². The minimum atomic E-state index is 0.134. The molecule has 0 atom stereocenters. The Bertz CT molecular complexity index is 1440. The van der Waals surface area contributed by atoms with Crippen LogP contribution in [0.1, 0.15) is 65.5 Å². The van der Waals surface area contributed by atoms with Crippen LogP contribution in [0.15, 0.2) is 122 Å². The van der Waals surface area contributed by atoms with Crippen LogP contribution in [0.2, 0.25) is 0 Å². The number of aromatic nitrogens is 2. The molecule has 3 aromatic carbocycles. The fraction of sp³-hybridized carbons (Fsp3) is 0.263. The largest absolute Gasteiger partial charge is 0.295 e. The molecule has 0 bridgehead atoms. The van der Waals surface area contributed by atoms with Crippen LogP contribution in [0, 0.1) is 0 Å². The number of nitrogens with zero attached hydrogens (tertiary/aromatic N) is 4. The van der Waals surface area contributed by atoms with Gasteiger partial charge in [0.15, 0.2) is 0 Å². The van der Waals surface area contributed by atoms with E-state index in [1.807, 2.05) is 36.7 Å². The predicted octanol–water partition coefficient (Wildman–Crippen LogP) is 10.8. The summed E-state index contributed by atoms with van der Waals surface area (Å²) in [7, 11) is 0. The number of benzene rings is 3. The average molecular weight is 555 g/mol. The molecule has 2 heterocycles. The van der Waals surface area contributed by atoms with Crippen molar-refractivity contribution >= 4 is 34.4 Å². The molecular formula is C38H42N4. The molecule has 214 valence electrons. The van der Waals surface area contributed by atoms with Crippen molar-refractivity contribution in [2.75, 3.05) is 9.80 Å². The van der Waals surface area contributed by atoms with E-state index in [0.717, 1.165) is 47.2 Å². The molecule has 5 aromatic rings. The normalized spacial score (nSPS) is 11.8.